The van der Waals surface area contributed by atoms with Crippen LogP contribution in [-0.4, -0.2) is 49.2 Å². The Labute approximate surface area is 185 Å². The SMILES string of the molecule is COc1ncccc1NC(=O)c1nc(-c2ccn(C)c2)n2ccccc12.O=C(O)C(F)(F)F. The summed E-state index contributed by atoms with van der Waals surface area (Å²) in [6.07, 6.45) is 2.33. The number of nitrogens with zero attached hydrogens (tertiary/aromatic N) is 4. The molecule has 0 aliphatic carbocycles. The first-order valence-electron chi connectivity index (χ1n) is 9.31. The highest BCUT2D eigenvalue weighted by Gasteiger charge is 2.38. The molecule has 0 atom stereocenters. The Kier molecular flexibility index (Phi) is 6.66. The van der Waals surface area contributed by atoms with Crippen LogP contribution in [0.2, 0.25) is 0 Å². The number of nitrogens with one attached hydrogen (secondary N) is 1. The second kappa shape index (κ2) is 9.42. The van der Waals surface area contributed by atoms with Gasteiger partial charge in [0, 0.05) is 37.4 Å². The lowest BCUT2D eigenvalue weighted by Crippen LogP contribution is -2.21. The summed E-state index contributed by atoms with van der Waals surface area (Å²) in [5.41, 5.74) is 2.51. The van der Waals surface area contributed by atoms with E-state index in [0.717, 1.165) is 11.1 Å². The van der Waals surface area contributed by atoms with Crippen molar-refractivity contribution in [2.24, 2.45) is 7.05 Å². The van der Waals surface area contributed by atoms with Crippen LogP contribution in [0.25, 0.3) is 16.9 Å². The normalized spacial score (nSPS) is 10.9. The lowest BCUT2D eigenvalue weighted by atomic mass is 10.3. The number of methoxy groups -OCH3 is 1. The van der Waals surface area contributed by atoms with Crippen LogP contribution < -0.4 is 10.1 Å². The molecular weight excluding hydrogens is 443 g/mol. The van der Waals surface area contributed by atoms with Gasteiger partial charge in [-0.05, 0) is 30.3 Å². The van der Waals surface area contributed by atoms with Crippen LogP contribution in [0.3, 0.4) is 0 Å². The van der Waals surface area contributed by atoms with Crippen LogP contribution in [0.15, 0.2) is 61.2 Å². The summed E-state index contributed by atoms with van der Waals surface area (Å²) in [4.78, 5) is 30.5. The average Bonchev–Trinajstić information content (AvgIpc) is 3.37. The van der Waals surface area contributed by atoms with Crippen molar-refractivity contribution in [3.05, 3.63) is 66.9 Å². The molecule has 0 radical (unpaired) electrons. The molecule has 4 aromatic rings. The van der Waals surface area contributed by atoms with E-state index in [4.69, 9.17) is 14.6 Å². The van der Waals surface area contributed by atoms with E-state index in [-0.39, 0.29) is 5.91 Å². The molecule has 0 bridgehead atoms. The smallest absolute Gasteiger partial charge is 0.480 e. The van der Waals surface area contributed by atoms with E-state index < -0.39 is 12.1 Å². The number of rotatable bonds is 4. The van der Waals surface area contributed by atoms with Gasteiger partial charge in [-0.3, -0.25) is 9.20 Å². The second-order valence-electron chi connectivity index (χ2n) is 6.62. The van der Waals surface area contributed by atoms with Crippen LogP contribution in [0.4, 0.5) is 18.9 Å². The first kappa shape index (κ1) is 23.3. The summed E-state index contributed by atoms with van der Waals surface area (Å²) in [5.74, 6) is -2.01. The van der Waals surface area contributed by atoms with Crippen LogP contribution in [0.1, 0.15) is 10.5 Å². The number of carbonyl (C=O) groups is 2. The number of anilines is 1. The Balaban J connectivity index is 0.000000383. The number of imidazole rings is 1. The zero-order valence-electron chi connectivity index (χ0n) is 17.4. The number of fused-ring (bicyclic) bond motifs is 1. The summed E-state index contributed by atoms with van der Waals surface area (Å²) < 4.78 is 40.8. The number of halogens is 3. The molecule has 0 aliphatic heterocycles. The third kappa shape index (κ3) is 5.29. The van der Waals surface area contributed by atoms with E-state index in [0.29, 0.717) is 23.1 Å². The van der Waals surface area contributed by atoms with Crippen molar-refractivity contribution in [3.63, 3.8) is 0 Å². The Morgan fingerprint density at radius 1 is 1.12 bits per heavy atom. The summed E-state index contributed by atoms with van der Waals surface area (Å²) in [6.45, 7) is 0. The monoisotopic (exact) mass is 461 g/mol. The summed E-state index contributed by atoms with van der Waals surface area (Å²) >= 11 is 0. The fourth-order valence-electron chi connectivity index (χ4n) is 2.87. The number of carboxylic acids is 1. The Bertz CT molecular complexity index is 1300. The summed E-state index contributed by atoms with van der Waals surface area (Å²) in [6, 6.07) is 11.1. The largest absolute Gasteiger partial charge is 0.490 e. The van der Waals surface area contributed by atoms with Crippen molar-refractivity contribution in [2.45, 2.75) is 6.18 Å². The van der Waals surface area contributed by atoms with Crippen LogP contribution in [-0.2, 0) is 11.8 Å². The van der Waals surface area contributed by atoms with E-state index in [2.05, 4.69) is 15.3 Å². The molecule has 2 N–H and O–H groups in total. The molecule has 0 saturated heterocycles. The maximum atomic E-state index is 12.9. The number of carboxylic acid groups (broad SMARTS) is 1. The maximum absolute atomic E-state index is 12.9. The number of alkyl halides is 3. The molecule has 9 nitrogen and oxygen atoms in total. The highest BCUT2D eigenvalue weighted by Crippen LogP contribution is 2.25. The van der Waals surface area contributed by atoms with Gasteiger partial charge in [0.05, 0.1) is 12.6 Å². The number of ether oxygens (including phenoxy) is 1. The molecule has 0 saturated carbocycles. The average molecular weight is 461 g/mol. The molecule has 0 aliphatic rings. The number of hydrogen-bond acceptors (Lipinski definition) is 5. The molecule has 0 aromatic carbocycles. The van der Waals surface area contributed by atoms with Gasteiger partial charge in [0.1, 0.15) is 11.5 Å². The molecule has 0 unspecified atom stereocenters. The standard InChI is InChI=1S/C19H17N5O2.C2HF3O2/c1-23-11-8-13(12-23)17-22-16(15-7-3-4-10-24(15)17)18(25)21-14-6-5-9-20-19(14)26-2;3-2(4,5)1(6)7/h3-12H,1-2H3,(H,21,25);(H,6,7). The minimum atomic E-state index is -5.08. The first-order chi connectivity index (χ1) is 15.6. The van der Waals surface area contributed by atoms with E-state index in [1.165, 1.54) is 7.11 Å². The fraction of sp³-hybridized carbons (Fsp3) is 0.143. The number of aryl methyl sites for hydroxylation is 1. The van der Waals surface area contributed by atoms with Crippen molar-refractivity contribution in [1.29, 1.82) is 0 Å². The number of carbonyl (C=O) groups excluding carboxylic acids is 1. The minimum absolute atomic E-state index is 0.317. The van der Waals surface area contributed by atoms with Crippen molar-refractivity contribution in [3.8, 4) is 17.3 Å². The van der Waals surface area contributed by atoms with E-state index in [1.54, 1.807) is 18.3 Å². The number of pyridine rings is 2. The van der Waals surface area contributed by atoms with Gasteiger partial charge in [-0.25, -0.2) is 14.8 Å². The Hall–Kier alpha value is -4.35. The first-order valence-corrected chi connectivity index (χ1v) is 9.31. The lowest BCUT2D eigenvalue weighted by molar-refractivity contribution is -0.192. The molecular formula is C21H18F3N5O4. The van der Waals surface area contributed by atoms with E-state index >= 15 is 0 Å². The van der Waals surface area contributed by atoms with Crippen LogP contribution >= 0.6 is 0 Å². The van der Waals surface area contributed by atoms with Gasteiger partial charge in [-0.15, -0.1) is 0 Å². The third-order valence-corrected chi connectivity index (χ3v) is 4.31. The van der Waals surface area contributed by atoms with Gasteiger partial charge in [0.15, 0.2) is 5.69 Å². The van der Waals surface area contributed by atoms with Crippen molar-refractivity contribution < 1.29 is 32.6 Å². The molecule has 4 heterocycles. The zero-order valence-corrected chi connectivity index (χ0v) is 17.4. The number of hydrogen-bond donors (Lipinski definition) is 2. The van der Waals surface area contributed by atoms with Gasteiger partial charge < -0.3 is 19.7 Å². The lowest BCUT2D eigenvalue weighted by Gasteiger charge is -2.07. The zero-order chi connectivity index (χ0) is 24.2. The highest BCUT2D eigenvalue weighted by molar-refractivity contribution is 6.08. The highest BCUT2D eigenvalue weighted by atomic mass is 19.4. The quantitative estimate of drug-likeness (QED) is 0.480. The third-order valence-electron chi connectivity index (χ3n) is 4.31. The molecule has 0 spiro atoms. The van der Waals surface area contributed by atoms with E-state index in [1.807, 2.05) is 58.9 Å². The van der Waals surface area contributed by atoms with Crippen LogP contribution in [0.5, 0.6) is 5.88 Å². The van der Waals surface area contributed by atoms with Gasteiger partial charge in [-0.1, -0.05) is 6.07 Å². The molecule has 4 aromatic heterocycles. The maximum Gasteiger partial charge on any atom is 0.490 e. The minimum Gasteiger partial charge on any atom is -0.480 e. The van der Waals surface area contributed by atoms with Gasteiger partial charge >= 0.3 is 12.1 Å². The predicted octanol–water partition coefficient (Wildman–Crippen LogP) is 3.63. The number of aromatic nitrogens is 4. The van der Waals surface area contributed by atoms with E-state index in [9.17, 15) is 18.0 Å². The fourth-order valence-corrected chi connectivity index (χ4v) is 2.87. The van der Waals surface area contributed by atoms with Gasteiger partial charge in [-0.2, -0.15) is 13.2 Å². The van der Waals surface area contributed by atoms with Crippen molar-refractivity contribution in [2.75, 3.05) is 12.4 Å². The Morgan fingerprint density at radius 2 is 1.85 bits per heavy atom. The number of aliphatic carboxylic acids is 1. The molecule has 33 heavy (non-hydrogen) atoms. The number of amides is 1. The van der Waals surface area contributed by atoms with Crippen molar-refractivity contribution >= 4 is 23.1 Å². The predicted molar refractivity (Wildman–Crippen MR) is 112 cm³/mol. The molecule has 12 heteroatoms. The summed E-state index contributed by atoms with van der Waals surface area (Å²) in [5, 5.41) is 9.96. The van der Waals surface area contributed by atoms with Crippen molar-refractivity contribution in [1.82, 2.24) is 18.9 Å². The molecule has 1 amide bonds. The summed E-state index contributed by atoms with van der Waals surface area (Å²) in [7, 11) is 3.46. The van der Waals surface area contributed by atoms with Gasteiger partial charge in [0.2, 0.25) is 5.88 Å². The molecule has 4 rings (SSSR count). The second-order valence-corrected chi connectivity index (χ2v) is 6.62. The van der Waals surface area contributed by atoms with Gasteiger partial charge in [0.25, 0.3) is 5.91 Å². The Morgan fingerprint density at radius 3 is 2.45 bits per heavy atom. The molecule has 0 fully saturated rings. The molecule has 172 valence electrons. The topological polar surface area (TPSA) is 111 Å². The van der Waals surface area contributed by atoms with Crippen LogP contribution in [0, 0.1) is 0 Å².